The van der Waals surface area contributed by atoms with E-state index in [0.29, 0.717) is 13.1 Å². The molecule has 6 nitrogen and oxygen atoms in total. The molecule has 6 heteroatoms. The smallest absolute Gasteiger partial charge is 0.314 e. The first-order valence-electron chi connectivity index (χ1n) is 7.40. The van der Waals surface area contributed by atoms with Gasteiger partial charge in [0, 0.05) is 13.1 Å². The Morgan fingerprint density at radius 3 is 2.60 bits per heavy atom. The predicted octanol–water partition coefficient (Wildman–Crippen LogP) is 1.13. The van der Waals surface area contributed by atoms with Gasteiger partial charge in [-0.05, 0) is 52.2 Å². The molecule has 2 amide bonds. The van der Waals surface area contributed by atoms with E-state index in [2.05, 4.69) is 15.5 Å². The summed E-state index contributed by atoms with van der Waals surface area (Å²) in [5, 5.41) is 14.7. The van der Waals surface area contributed by atoms with Crippen molar-refractivity contribution < 1.29 is 14.7 Å². The summed E-state index contributed by atoms with van der Waals surface area (Å²) < 4.78 is 0. The van der Waals surface area contributed by atoms with Crippen molar-refractivity contribution in [3.8, 4) is 0 Å². The van der Waals surface area contributed by atoms with Crippen molar-refractivity contribution in [2.24, 2.45) is 11.8 Å². The second-order valence-electron chi connectivity index (χ2n) is 5.78. The quantitative estimate of drug-likeness (QED) is 0.584. The molecule has 3 N–H and O–H groups in total. The number of aliphatic carboxylic acids is 1. The van der Waals surface area contributed by atoms with Gasteiger partial charge in [-0.15, -0.1) is 0 Å². The Kier molecular flexibility index (Phi) is 7.36. The van der Waals surface area contributed by atoms with Crippen molar-refractivity contribution in [3.05, 3.63) is 0 Å². The Balaban J connectivity index is 2.09. The molecule has 1 aliphatic carbocycles. The number of carboxylic acid groups (broad SMARTS) is 1. The minimum atomic E-state index is -0.738. The number of carbonyl (C=O) groups excluding carboxylic acids is 1. The lowest BCUT2D eigenvalue weighted by Crippen LogP contribution is -2.40. The summed E-state index contributed by atoms with van der Waals surface area (Å²) in [6.07, 6.45) is 4.56. The normalized spacial score (nSPS) is 21.9. The van der Waals surface area contributed by atoms with Gasteiger partial charge in [-0.1, -0.05) is 6.42 Å². The van der Waals surface area contributed by atoms with Crippen LogP contribution in [0.5, 0.6) is 0 Å². The largest absolute Gasteiger partial charge is 0.481 e. The van der Waals surface area contributed by atoms with Crippen LogP contribution < -0.4 is 10.6 Å². The monoisotopic (exact) mass is 285 g/mol. The summed E-state index contributed by atoms with van der Waals surface area (Å²) >= 11 is 0. The van der Waals surface area contributed by atoms with Gasteiger partial charge in [0.15, 0.2) is 0 Å². The Bertz CT molecular complexity index is 321. The van der Waals surface area contributed by atoms with Crippen LogP contribution in [0.4, 0.5) is 4.79 Å². The van der Waals surface area contributed by atoms with Crippen LogP contribution >= 0.6 is 0 Å². The van der Waals surface area contributed by atoms with Crippen molar-refractivity contribution in [1.29, 1.82) is 0 Å². The van der Waals surface area contributed by atoms with Gasteiger partial charge in [-0.3, -0.25) is 4.79 Å². The van der Waals surface area contributed by atoms with Crippen LogP contribution in [-0.2, 0) is 4.79 Å². The van der Waals surface area contributed by atoms with Gasteiger partial charge in [0.2, 0.25) is 0 Å². The summed E-state index contributed by atoms with van der Waals surface area (Å²) in [6.45, 7) is 2.14. The Labute approximate surface area is 120 Å². The molecule has 0 aromatic rings. The number of hydrogen-bond acceptors (Lipinski definition) is 3. The predicted molar refractivity (Wildman–Crippen MR) is 77.7 cm³/mol. The Morgan fingerprint density at radius 1 is 1.20 bits per heavy atom. The number of hydrogen-bond donors (Lipinski definition) is 3. The molecule has 2 atom stereocenters. The molecule has 0 aromatic carbocycles. The van der Waals surface area contributed by atoms with E-state index >= 15 is 0 Å². The first kappa shape index (κ1) is 16.8. The van der Waals surface area contributed by atoms with E-state index in [1.165, 1.54) is 0 Å². The highest BCUT2D eigenvalue weighted by Gasteiger charge is 2.32. The molecule has 1 rings (SSSR count). The molecule has 1 fully saturated rings. The molecular weight excluding hydrogens is 258 g/mol. The topological polar surface area (TPSA) is 81.7 Å². The summed E-state index contributed by atoms with van der Waals surface area (Å²) in [7, 11) is 4.06. The highest BCUT2D eigenvalue weighted by atomic mass is 16.4. The maximum atomic E-state index is 11.6. The summed E-state index contributed by atoms with van der Waals surface area (Å²) in [5.74, 6) is -0.958. The molecule has 0 aromatic heterocycles. The molecule has 1 aliphatic rings. The van der Waals surface area contributed by atoms with E-state index in [-0.39, 0.29) is 17.9 Å². The second kappa shape index (κ2) is 8.79. The standard InChI is InChI=1S/C14H27N3O3/c1-17(2)9-4-3-8-15-14(20)16-10-11-6-5-7-12(11)13(18)19/h11-12H,3-10H2,1-2H3,(H,18,19)(H2,15,16,20). The van der Waals surface area contributed by atoms with Crippen molar-refractivity contribution in [1.82, 2.24) is 15.5 Å². The average Bonchev–Trinajstić information content (AvgIpc) is 2.84. The molecular formula is C14H27N3O3. The Morgan fingerprint density at radius 2 is 1.95 bits per heavy atom. The molecule has 0 spiro atoms. The SMILES string of the molecule is CN(C)CCCCNC(=O)NCC1CCCC1C(=O)O. The van der Waals surface area contributed by atoms with Crippen LogP contribution in [0.3, 0.4) is 0 Å². The summed E-state index contributed by atoms with van der Waals surface area (Å²) in [6, 6.07) is -0.189. The minimum absolute atomic E-state index is 0.0759. The summed E-state index contributed by atoms with van der Waals surface area (Å²) in [4.78, 5) is 24.7. The molecule has 0 aliphatic heterocycles. The number of nitrogens with zero attached hydrogens (tertiary/aromatic N) is 1. The maximum Gasteiger partial charge on any atom is 0.314 e. The van der Waals surface area contributed by atoms with Gasteiger partial charge in [0.05, 0.1) is 5.92 Å². The lowest BCUT2D eigenvalue weighted by atomic mass is 9.96. The molecule has 1 saturated carbocycles. The highest BCUT2D eigenvalue weighted by Crippen LogP contribution is 2.31. The number of nitrogens with one attached hydrogen (secondary N) is 2. The van der Waals surface area contributed by atoms with E-state index in [9.17, 15) is 9.59 Å². The third-order valence-electron chi connectivity index (χ3n) is 3.82. The highest BCUT2D eigenvalue weighted by molar-refractivity contribution is 5.74. The average molecular weight is 285 g/mol. The van der Waals surface area contributed by atoms with E-state index in [4.69, 9.17) is 5.11 Å². The van der Waals surface area contributed by atoms with Crippen LogP contribution in [0.2, 0.25) is 0 Å². The van der Waals surface area contributed by atoms with Crippen LogP contribution in [0, 0.1) is 11.8 Å². The van der Waals surface area contributed by atoms with Gasteiger partial charge in [-0.2, -0.15) is 0 Å². The number of unbranched alkanes of at least 4 members (excludes halogenated alkanes) is 1. The lowest BCUT2D eigenvalue weighted by molar-refractivity contribution is -0.142. The molecule has 0 radical (unpaired) electrons. The fourth-order valence-electron chi connectivity index (χ4n) is 2.65. The Hall–Kier alpha value is -1.30. The molecule has 0 heterocycles. The van der Waals surface area contributed by atoms with Crippen LogP contribution in [0.1, 0.15) is 32.1 Å². The minimum Gasteiger partial charge on any atom is -0.481 e. The van der Waals surface area contributed by atoms with Crippen LogP contribution in [0.15, 0.2) is 0 Å². The van der Waals surface area contributed by atoms with Crippen molar-refractivity contribution in [3.63, 3.8) is 0 Å². The van der Waals surface area contributed by atoms with E-state index < -0.39 is 5.97 Å². The van der Waals surface area contributed by atoms with Gasteiger partial charge < -0.3 is 20.6 Å². The number of carboxylic acids is 1. The third kappa shape index (κ3) is 6.23. The number of carbonyl (C=O) groups is 2. The van der Waals surface area contributed by atoms with Gasteiger partial charge >= 0.3 is 12.0 Å². The fraction of sp³-hybridized carbons (Fsp3) is 0.857. The van der Waals surface area contributed by atoms with Gasteiger partial charge in [0.1, 0.15) is 0 Å². The van der Waals surface area contributed by atoms with E-state index in [1.807, 2.05) is 14.1 Å². The second-order valence-corrected chi connectivity index (χ2v) is 5.78. The molecule has 0 saturated heterocycles. The van der Waals surface area contributed by atoms with Crippen molar-refractivity contribution >= 4 is 12.0 Å². The van der Waals surface area contributed by atoms with Crippen molar-refractivity contribution in [2.45, 2.75) is 32.1 Å². The number of amides is 2. The van der Waals surface area contributed by atoms with Crippen LogP contribution in [-0.4, -0.2) is 55.7 Å². The zero-order valence-corrected chi connectivity index (χ0v) is 12.5. The van der Waals surface area contributed by atoms with Gasteiger partial charge in [-0.25, -0.2) is 4.79 Å². The summed E-state index contributed by atoms with van der Waals surface area (Å²) in [5.41, 5.74) is 0. The molecule has 0 bridgehead atoms. The first-order chi connectivity index (χ1) is 9.50. The third-order valence-corrected chi connectivity index (χ3v) is 3.82. The zero-order chi connectivity index (χ0) is 15.0. The maximum absolute atomic E-state index is 11.6. The fourth-order valence-corrected chi connectivity index (χ4v) is 2.65. The van der Waals surface area contributed by atoms with Crippen LogP contribution in [0.25, 0.3) is 0 Å². The van der Waals surface area contributed by atoms with E-state index in [0.717, 1.165) is 38.6 Å². The number of rotatable bonds is 8. The van der Waals surface area contributed by atoms with Gasteiger partial charge in [0.25, 0.3) is 0 Å². The van der Waals surface area contributed by atoms with Crippen molar-refractivity contribution in [2.75, 3.05) is 33.7 Å². The first-order valence-corrected chi connectivity index (χ1v) is 7.40. The van der Waals surface area contributed by atoms with E-state index in [1.54, 1.807) is 0 Å². The molecule has 2 unspecified atom stereocenters. The lowest BCUT2D eigenvalue weighted by Gasteiger charge is -2.16. The zero-order valence-electron chi connectivity index (χ0n) is 12.5. The molecule has 20 heavy (non-hydrogen) atoms. The number of urea groups is 1. The molecule has 116 valence electrons.